The van der Waals surface area contributed by atoms with E-state index >= 15 is 0 Å². The first kappa shape index (κ1) is 13.6. The fourth-order valence-corrected chi connectivity index (χ4v) is 2.50. The number of benzene rings is 1. The highest BCUT2D eigenvalue weighted by Crippen LogP contribution is 2.29. The van der Waals surface area contributed by atoms with Gasteiger partial charge in [0.1, 0.15) is 0 Å². The molecule has 108 valence electrons. The monoisotopic (exact) mass is 306 g/mol. The zero-order valence-corrected chi connectivity index (χ0v) is 12.1. The van der Waals surface area contributed by atoms with E-state index in [4.69, 9.17) is 16.3 Å². The van der Waals surface area contributed by atoms with Crippen LogP contribution >= 0.6 is 11.6 Å². The predicted molar refractivity (Wildman–Crippen MR) is 79.2 cm³/mol. The zero-order chi connectivity index (χ0) is 15.1. The van der Waals surface area contributed by atoms with E-state index in [2.05, 4.69) is 9.68 Å². The van der Waals surface area contributed by atoms with Crippen LogP contribution in [-0.4, -0.2) is 16.3 Å². The van der Waals surface area contributed by atoms with Gasteiger partial charge in [0.15, 0.2) is 5.52 Å². The summed E-state index contributed by atoms with van der Waals surface area (Å²) < 4.78 is 11.4. The molecule has 7 heteroatoms. The molecule has 0 saturated heterocycles. The van der Waals surface area contributed by atoms with Crippen molar-refractivity contribution in [2.24, 2.45) is 7.05 Å². The number of hydrogen-bond acceptors (Lipinski definition) is 5. The van der Waals surface area contributed by atoms with Crippen LogP contribution in [0.2, 0.25) is 5.02 Å². The molecule has 0 aliphatic rings. The van der Waals surface area contributed by atoms with Gasteiger partial charge in [0, 0.05) is 17.5 Å². The largest absolute Gasteiger partial charge is 0.486 e. The fraction of sp³-hybridized carbons (Fsp3) is 0.214. The smallest absolute Gasteiger partial charge is 0.400 e. The van der Waals surface area contributed by atoms with Crippen molar-refractivity contribution in [3.63, 3.8) is 0 Å². The average Bonchev–Trinajstić information content (AvgIpc) is 2.47. The molecular formula is C14H11ClN2O4. The minimum atomic E-state index is -0.723. The van der Waals surface area contributed by atoms with E-state index in [1.807, 2.05) is 0 Å². The summed E-state index contributed by atoms with van der Waals surface area (Å²) in [6.07, 6.45) is 0. The third kappa shape index (κ3) is 1.99. The highest BCUT2D eigenvalue weighted by Gasteiger charge is 2.18. The molecule has 0 aliphatic carbocycles. The van der Waals surface area contributed by atoms with Crippen molar-refractivity contribution in [3.05, 3.63) is 44.0 Å². The molecule has 6 nitrogen and oxygen atoms in total. The van der Waals surface area contributed by atoms with Gasteiger partial charge in [0.25, 0.3) is 5.56 Å². The first-order valence-corrected chi connectivity index (χ1v) is 6.67. The SMILES string of the molecule is CCOc1c(=O)onc2c(=O)n(C)c3ccc(Cl)cc3c12. The van der Waals surface area contributed by atoms with Crippen LogP contribution in [0.3, 0.4) is 0 Å². The maximum absolute atomic E-state index is 12.3. The number of pyridine rings is 1. The summed E-state index contributed by atoms with van der Waals surface area (Å²) in [4.78, 5) is 24.2. The molecule has 0 aliphatic heterocycles. The Kier molecular flexibility index (Phi) is 3.17. The lowest BCUT2D eigenvalue weighted by Gasteiger charge is -2.10. The van der Waals surface area contributed by atoms with Crippen LogP contribution in [0, 0.1) is 0 Å². The van der Waals surface area contributed by atoms with Crippen molar-refractivity contribution in [2.75, 3.05) is 6.61 Å². The minimum Gasteiger partial charge on any atom is -0.486 e. The number of ether oxygens (including phenoxy) is 1. The lowest BCUT2D eigenvalue weighted by atomic mass is 10.1. The Hall–Kier alpha value is -2.34. The van der Waals surface area contributed by atoms with Crippen molar-refractivity contribution in [3.8, 4) is 5.75 Å². The number of halogens is 1. The quantitative estimate of drug-likeness (QED) is 0.678. The van der Waals surface area contributed by atoms with Crippen LogP contribution in [0.15, 0.2) is 32.3 Å². The summed E-state index contributed by atoms with van der Waals surface area (Å²) in [5.41, 5.74) is -0.427. The molecule has 0 N–H and O–H groups in total. The summed E-state index contributed by atoms with van der Waals surface area (Å²) in [7, 11) is 1.62. The van der Waals surface area contributed by atoms with Gasteiger partial charge in [-0.05, 0) is 25.1 Å². The molecule has 0 atom stereocenters. The van der Waals surface area contributed by atoms with Gasteiger partial charge < -0.3 is 13.8 Å². The van der Waals surface area contributed by atoms with Crippen LogP contribution in [0.5, 0.6) is 5.75 Å². The van der Waals surface area contributed by atoms with Gasteiger partial charge in [0.05, 0.1) is 17.5 Å². The van der Waals surface area contributed by atoms with Crippen LogP contribution < -0.4 is 15.9 Å². The molecule has 0 spiro atoms. The molecule has 1 aromatic carbocycles. The number of rotatable bonds is 2. The van der Waals surface area contributed by atoms with Crippen molar-refractivity contribution in [1.82, 2.24) is 9.72 Å². The van der Waals surface area contributed by atoms with E-state index in [0.717, 1.165) is 0 Å². The topological polar surface area (TPSA) is 74.3 Å². The van der Waals surface area contributed by atoms with Crippen LogP contribution in [0.1, 0.15) is 6.92 Å². The van der Waals surface area contributed by atoms with E-state index in [9.17, 15) is 9.59 Å². The van der Waals surface area contributed by atoms with Gasteiger partial charge in [-0.1, -0.05) is 16.8 Å². The van der Waals surface area contributed by atoms with E-state index in [0.29, 0.717) is 21.3 Å². The van der Waals surface area contributed by atoms with Gasteiger partial charge in [-0.2, -0.15) is 0 Å². The maximum Gasteiger partial charge on any atom is 0.400 e. The second-order valence-electron chi connectivity index (χ2n) is 4.48. The van der Waals surface area contributed by atoms with Crippen LogP contribution in [0.4, 0.5) is 0 Å². The third-order valence-electron chi connectivity index (χ3n) is 3.25. The molecule has 0 amide bonds. The Morgan fingerprint density at radius 2 is 2.14 bits per heavy atom. The average molecular weight is 307 g/mol. The van der Waals surface area contributed by atoms with E-state index in [-0.39, 0.29) is 23.4 Å². The van der Waals surface area contributed by atoms with Gasteiger partial charge in [0.2, 0.25) is 5.75 Å². The summed E-state index contributed by atoms with van der Waals surface area (Å²) >= 11 is 6.03. The van der Waals surface area contributed by atoms with Crippen molar-refractivity contribution < 1.29 is 9.26 Å². The predicted octanol–water partition coefficient (Wildman–Crippen LogP) is 2.09. The number of nitrogens with zero attached hydrogens (tertiary/aromatic N) is 2. The minimum absolute atomic E-state index is 0.0209. The molecule has 3 aromatic rings. The highest BCUT2D eigenvalue weighted by atomic mass is 35.5. The Bertz CT molecular complexity index is 975. The summed E-state index contributed by atoms with van der Waals surface area (Å²) in [5, 5.41) is 5.05. The van der Waals surface area contributed by atoms with Crippen LogP contribution in [0.25, 0.3) is 21.8 Å². The van der Waals surface area contributed by atoms with Gasteiger partial charge in [-0.15, -0.1) is 0 Å². The van der Waals surface area contributed by atoms with Gasteiger partial charge >= 0.3 is 5.63 Å². The molecule has 2 heterocycles. The zero-order valence-electron chi connectivity index (χ0n) is 11.3. The third-order valence-corrected chi connectivity index (χ3v) is 3.49. The molecule has 0 radical (unpaired) electrons. The first-order valence-electron chi connectivity index (χ1n) is 6.29. The number of aromatic nitrogens is 2. The maximum atomic E-state index is 12.3. The highest BCUT2D eigenvalue weighted by molar-refractivity contribution is 6.31. The first-order chi connectivity index (χ1) is 10.0. The molecule has 0 unspecified atom stereocenters. The standard InChI is InChI=1S/C14H11ClN2O4/c1-3-20-12-10-8-6-7(15)4-5-9(8)17(2)13(18)11(10)16-21-14(12)19/h4-6H,3H2,1-2H3. The molecule has 0 saturated carbocycles. The Morgan fingerprint density at radius 3 is 2.86 bits per heavy atom. The molecule has 0 bridgehead atoms. The molecular weight excluding hydrogens is 296 g/mol. The van der Waals surface area contributed by atoms with E-state index in [1.54, 1.807) is 32.2 Å². The lowest BCUT2D eigenvalue weighted by Crippen LogP contribution is -2.20. The Labute approximate surface area is 123 Å². The number of fused-ring (bicyclic) bond motifs is 3. The second-order valence-corrected chi connectivity index (χ2v) is 4.92. The molecule has 2 aromatic heterocycles. The normalized spacial score (nSPS) is 11.2. The molecule has 21 heavy (non-hydrogen) atoms. The van der Waals surface area contributed by atoms with Crippen LogP contribution in [-0.2, 0) is 7.05 Å². The summed E-state index contributed by atoms with van der Waals surface area (Å²) in [6, 6.07) is 5.06. The number of hydrogen-bond donors (Lipinski definition) is 0. The number of aryl methyl sites for hydroxylation is 1. The molecule has 3 rings (SSSR count). The fourth-order valence-electron chi connectivity index (χ4n) is 2.32. The van der Waals surface area contributed by atoms with Crippen molar-refractivity contribution in [1.29, 1.82) is 0 Å². The van der Waals surface area contributed by atoms with Gasteiger partial charge in [-0.25, -0.2) is 4.79 Å². The lowest BCUT2D eigenvalue weighted by molar-refractivity contribution is 0.299. The van der Waals surface area contributed by atoms with E-state index < -0.39 is 5.63 Å². The van der Waals surface area contributed by atoms with Crippen molar-refractivity contribution in [2.45, 2.75) is 6.92 Å². The van der Waals surface area contributed by atoms with E-state index in [1.165, 1.54) is 4.57 Å². The summed E-state index contributed by atoms with van der Waals surface area (Å²) in [5.74, 6) is -0.0209. The van der Waals surface area contributed by atoms with Crippen molar-refractivity contribution >= 4 is 33.4 Å². The second kappa shape index (κ2) is 4.89. The van der Waals surface area contributed by atoms with Gasteiger partial charge in [-0.3, -0.25) is 4.79 Å². The molecule has 0 fully saturated rings. The Morgan fingerprint density at radius 1 is 1.38 bits per heavy atom. The Balaban J connectivity index is 2.68. The summed E-state index contributed by atoms with van der Waals surface area (Å²) in [6.45, 7) is 2.00.